The van der Waals surface area contributed by atoms with E-state index in [0.29, 0.717) is 4.47 Å². The van der Waals surface area contributed by atoms with E-state index in [2.05, 4.69) is 15.9 Å². The number of benzene rings is 1. The van der Waals surface area contributed by atoms with Crippen LogP contribution in [0.25, 0.3) is 0 Å². The minimum absolute atomic E-state index is 0.161. The molecule has 0 bridgehead atoms. The lowest BCUT2D eigenvalue weighted by atomic mass is 9.80. The zero-order chi connectivity index (χ0) is 10.9. The zero-order valence-electron chi connectivity index (χ0n) is 8.58. The van der Waals surface area contributed by atoms with Gasteiger partial charge >= 0.3 is 7.12 Å². The van der Waals surface area contributed by atoms with Crippen LogP contribution in [0.1, 0.15) is 9.68 Å². The molecule has 0 radical (unpaired) electrons. The fourth-order valence-corrected chi connectivity index (χ4v) is 1.32. The van der Waals surface area contributed by atoms with E-state index in [4.69, 9.17) is 14.2 Å². The average Bonchev–Trinajstić information content (AvgIpc) is 2.01. The number of halogens is 1. The van der Waals surface area contributed by atoms with Gasteiger partial charge in [-0.3, -0.25) is 0 Å². The fraction of sp³-hybridized carbons (Fsp3) is 0.143. The Labute approximate surface area is 78.4 Å². The molecule has 2 nitrogen and oxygen atoms in total. The van der Waals surface area contributed by atoms with Gasteiger partial charge in [0.1, 0.15) is 0 Å². The van der Waals surface area contributed by atoms with Crippen LogP contribution in [-0.2, 0) is 0 Å². The summed E-state index contributed by atoms with van der Waals surface area (Å²) in [5, 5.41) is 17.8. The number of aryl methyl sites for hydroxylation is 1. The summed E-state index contributed by atoms with van der Waals surface area (Å²) in [4.78, 5) is 0. The van der Waals surface area contributed by atoms with Gasteiger partial charge in [0.15, 0.2) is 0 Å². The molecule has 0 unspecified atom stereocenters. The van der Waals surface area contributed by atoms with Crippen LogP contribution in [0.2, 0.25) is 0 Å². The van der Waals surface area contributed by atoms with Crippen molar-refractivity contribution in [3.8, 4) is 0 Å². The van der Waals surface area contributed by atoms with Gasteiger partial charge in [0, 0.05) is 8.58 Å². The van der Waals surface area contributed by atoms with Crippen molar-refractivity contribution in [3.63, 3.8) is 0 Å². The smallest absolute Gasteiger partial charge is 0.423 e. The maximum absolute atomic E-state index is 8.88. The van der Waals surface area contributed by atoms with Crippen molar-refractivity contribution in [1.29, 1.82) is 0 Å². The molecular weight excluding hydrogens is 207 g/mol. The van der Waals surface area contributed by atoms with Crippen LogP contribution in [0.15, 0.2) is 22.7 Å². The molecule has 0 saturated heterocycles. The van der Waals surface area contributed by atoms with Gasteiger partial charge in [-0.2, -0.15) is 0 Å². The summed E-state index contributed by atoms with van der Waals surface area (Å²) in [5.74, 6) is 0. The molecular formula is C7H8BBrO2. The lowest BCUT2D eigenvalue weighted by Crippen LogP contribution is -2.30. The molecule has 58 valence electrons. The summed E-state index contributed by atoms with van der Waals surface area (Å²) in [7, 11) is -1.60. The standard InChI is InChI=1S/C7H8BBrO2/c1-5-2-3-6(8(10)11)7(9)4-5/h2-4,10-11H,1H3/i1D3. The SMILES string of the molecule is [2H]C([2H])([2H])c1ccc(B(O)O)c(Br)c1. The summed E-state index contributed by atoms with van der Waals surface area (Å²) in [6.07, 6.45) is 0. The minimum Gasteiger partial charge on any atom is -0.423 e. The van der Waals surface area contributed by atoms with E-state index in [9.17, 15) is 0 Å². The molecule has 0 aliphatic heterocycles. The molecule has 0 aromatic heterocycles. The second kappa shape index (κ2) is 3.39. The third-order valence-corrected chi connectivity index (χ3v) is 1.97. The average molecular weight is 218 g/mol. The van der Waals surface area contributed by atoms with Crippen LogP contribution in [0, 0.1) is 6.85 Å². The van der Waals surface area contributed by atoms with Crippen LogP contribution >= 0.6 is 15.9 Å². The number of hydrogen-bond donors (Lipinski definition) is 2. The van der Waals surface area contributed by atoms with Gasteiger partial charge in [-0.15, -0.1) is 0 Å². The highest BCUT2D eigenvalue weighted by Gasteiger charge is 2.13. The van der Waals surface area contributed by atoms with Crippen molar-refractivity contribution in [3.05, 3.63) is 28.2 Å². The van der Waals surface area contributed by atoms with E-state index >= 15 is 0 Å². The van der Waals surface area contributed by atoms with E-state index in [0.717, 1.165) is 0 Å². The lowest BCUT2D eigenvalue weighted by Gasteiger charge is -2.02. The first-order valence-electron chi connectivity index (χ1n) is 4.48. The highest BCUT2D eigenvalue weighted by molar-refractivity contribution is 9.10. The molecule has 0 fully saturated rings. The van der Waals surface area contributed by atoms with Crippen molar-refractivity contribution < 1.29 is 14.2 Å². The summed E-state index contributed by atoms with van der Waals surface area (Å²) in [6.45, 7) is -2.18. The Hall–Kier alpha value is -0.315. The van der Waals surface area contributed by atoms with E-state index in [1.807, 2.05) is 0 Å². The van der Waals surface area contributed by atoms with E-state index in [-0.39, 0.29) is 11.0 Å². The van der Waals surface area contributed by atoms with Gasteiger partial charge < -0.3 is 10.0 Å². The predicted octanol–water partition coefficient (Wildman–Crippen LogP) is 0.437. The maximum atomic E-state index is 8.88. The quantitative estimate of drug-likeness (QED) is 0.671. The maximum Gasteiger partial charge on any atom is 0.489 e. The second-order valence-corrected chi connectivity index (χ2v) is 2.96. The fourth-order valence-electron chi connectivity index (χ4n) is 0.737. The van der Waals surface area contributed by atoms with Crippen LogP contribution in [0.4, 0.5) is 0 Å². The second-order valence-electron chi connectivity index (χ2n) is 2.11. The Balaban J connectivity index is 3.13. The van der Waals surface area contributed by atoms with Gasteiger partial charge in [-0.05, 0) is 18.4 Å². The topological polar surface area (TPSA) is 40.5 Å². The molecule has 0 aliphatic rings. The van der Waals surface area contributed by atoms with Crippen molar-refractivity contribution in [2.75, 3.05) is 0 Å². The van der Waals surface area contributed by atoms with Crippen LogP contribution in [0.3, 0.4) is 0 Å². The van der Waals surface area contributed by atoms with Crippen molar-refractivity contribution >= 4 is 28.5 Å². The summed E-state index contributed by atoms with van der Waals surface area (Å²) in [5.41, 5.74) is 0.409. The summed E-state index contributed by atoms with van der Waals surface area (Å²) in [6, 6.07) is 4.09. The van der Waals surface area contributed by atoms with Gasteiger partial charge in [0.05, 0.1) is 0 Å². The normalized spacial score (nSPS) is 15.0. The molecule has 1 rings (SSSR count). The van der Waals surface area contributed by atoms with Gasteiger partial charge in [-0.25, -0.2) is 0 Å². The van der Waals surface area contributed by atoms with Gasteiger partial charge in [0.2, 0.25) is 0 Å². The molecule has 1 aromatic rings. The van der Waals surface area contributed by atoms with Gasteiger partial charge in [0.25, 0.3) is 0 Å². The molecule has 0 spiro atoms. The van der Waals surface area contributed by atoms with E-state index < -0.39 is 14.0 Å². The lowest BCUT2D eigenvalue weighted by molar-refractivity contribution is 0.425. The van der Waals surface area contributed by atoms with Crippen molar-refractivity contribution in [2.24, 2.45) is 0 Å². The molecule has 0 aliphatic carbocycles. The highest BCUT2D eigenvalue weighted by Crippen LogP contribution is 2.08. The van der Waals surface area contributed by atoms with Gasteiger partial charge in [-0.1, -0.05) is 33.6 Å². The Morgan fingerprint density at radius 1 is 1.55 bits per heavy atom. The van der Waals surface area contributed by atoms with E-state index in [1.54, 1.807) is 0 Å². The van der Waals surface area contributed by atoms with Crippen molar-refractivity contribution in [2.45, 2.75) is 6.85 Å². The molecule has 11 heavy (non-hydrogen) atoms. The first-order chi connectivity index (χ1) is 6.32. The van der Waals surface area contributed by atoms with Crippen LogP contribution < -0.4 is 5.46 Å². The molecule has 0 heterocycles. The monoisotopic (exact) mass is 217 g/mol. The number of hydrogen-bond acceptors (Lipinski definition) is 2. The third kappa shape index (κ3) is 2.05. The molecule has 1 aromatic carbocycles. The first kappa shape index (κ1) is 5.35. The van der Waals surface area contributed by atoms with Crippen LogP contribution in [0.5, 0.6) is 0 Å². The molecule has 2 N–H and O–H groups in total. The number of rotatable bonds is 1. The highest BCUT2D eigenvalue weighted by atomic mass is 79.9. The van der Waals surface area contributed by atoms with Crippen LogP contribution in [-0.4, -0.2) is 17.2 Å². The Bertz CT molecular complexity index is 340. The molecule has 0 amide bonds. The first-order valence-corrected chi connectivity index (χ1v) is 3.78. The van der Waals surface area contributed by atoms with Crippen molar-refractivity contribution in [1.82, 2.24) is 0 Å². The Kier molecular flexibility index (Phi) is 1.65. The Morgan fingerprint density at radius 2 is 2.27 bits per heavy atom. The minimum atomic E-state index is -2.18. The molecule has 0 saturated carbocycles. The van der Waals surface area contributed by atoms with E-state index in [1.165, 1.54) is 18.2 Å². The molecule has 4 heteroatoms. The zero-order valence-corrected chi connectivity index (χ0v) is 7.17. The molecule has 0 atom stereocenters. The summed E-state index contributed by atoms with van der Waals surface area (Å²) >= 11 is 3.07. The largest absolute Gasteiger partial charge is 0.489 e. The third-order valence-electron chi connectivity index (χ3n) is 1.28. The predicted molar refractivity (Wildman–Crippen MR) is 48.7 cm³/mol. The summed E-state index contributed by atoms with van der Waals surface area (Å²) < 4.78 is 21.8. The Morgan fingerprint density at radius 3 is 2.73 bits per heavy atom.